The van der Waals surface area contributed by atoms with E-state index in [1.54, 1.807) is 18.2 Å². The molecule has 0 saturated carbocycles. The van der Waals surface area contributed by atoms with E-state index in [1.165, 1.54) is 0 Å². The van der Waals surface area contributed by atoms with Gasteiger partial charge < -0.3 is 15.5 Å². The lowest BCUT2D eigenvalue weighted by atomic mass is 10.1. The van der Waals surface area contributed by atoms with Gasteiger partial charge in [-0.25, -0.2) is 9.97 Å². The van der Waals surface area contributed by atoms with Gasteiger partial charge in [0.25, 0.3) is 0 Å². The third-order valence-corrected chi connectivity index (χ3v) is 7.51. The maximum Gasteiger partial charge on any atom is 0.225 e. The van der Waals surface area contributed by atoms with Gasteiger partial charge in [-0.2, -0.15) is 9.65 Å². The van der Waals surface area contributed by atoms with E-state index in [1.807, 2.05) is 18.0 Å². The average Bonchev–Trinajstić information content (AvgIpc) is 3.48. The van der Waals surface area contributed by atoms with Gasteiger partial charge in [-0.1, -0.05) is 6.07 Å². The number of anilines is 3. The number of thiazole rings is 1. The third kappa shape index (κ3) is 4.79. The second-order valence-corrected chi connectivity index (χ2v) is 9.99. The summed E-state index contributed by atoms with van der Waals surface area (Å²) in [4.78, 5) is 24.9. The van der Waals surface area contributed by atoms with Crippen molar-refractivity contribution in [1.29, 1.82) is 5.26 Å². The van der Waals surface area contributed by atoms with Crippen molar-refractivity contribution in [2.24, 2.45) is 0 Å². The summed E-state index contributed by atoms with van der Waals surface area (Å²) in [6, 6.07) is 9.20. The van der Waals surface area contributed by atoms with Gasteiger partial charge >= 0.3 is 0 Å². The van der Waals surface area contributed by atoms with E-state index in [0.29, 0.717) is 56.9 Å². The molecule has 4 rings (SSSR count). The minimum absolute atomic E-state index is 0.303. The Bertz CT molecular complexity index is 1230. The zero-order valence-corrected chi connectivity index (χ0v) is 21.0. The van der Waals surface area contributed by atoms with Gasteiger partial charge in [0.2, 0.25) is 5.95 Å². The molecule has 0 amide bonds. The zero-order chi connectivity index (χ0) is 23.5. The second kappa shape index (κ2) is 10.0. The van der Waals surface area contributed by atoms with E-state index >= 15 is 0 Å². The quantitative estimate of drug-likeness (QED) is 0.192. The largest absolute Gasteiger partial charge is 0.398 e. The molecule has 3 heterocycles. The van der Waals surface area contributed by atoms with Crippen molar-refractivity contribution in [3.8, 4) is 16.6 Å². The van der Waals surface area contributed by atoms with Crippen molar-refractivity contribution in [2.45, 2.75) is 19.3 Å². The van der Waals surface area contributed by atoms with Crippen LogP contribution in [0, 0.1) is 20.8 Å². The Kier molecular flexibility index (Phi) is 7.09. The molecule has 0 radical (unpaired) electrons. The minimum Gasteiger partial charge on any atom is -0.398 e. The van der Waals surface area contributed by atoms with Crippen LogP contribution in [0.1, 0.15) is 33.8 Å². The number of hydrogen-bond donors (Lipinski definition) is 1. The standard InChI is InChI=1S/C23H22FIN6OS/c1-30(19-6-4-5-17(27)15(19)12-26)10-7-18-20(13-32)33-23(28-18)14-11-16(25)22(29-21(14)24)31-8-2-3-9-31/h4-6,11,13H,2-3,7-10,27H2,1H3. The molecule has 1 aliphatic rings. The van der Waals surface area contributed by atoms with Crippen LogP contribution in [-0.4, -0.2) is 42.9 Å². The first-order valence-corrected chi connectivity index (χ1v) is 12.4. The van der Waals surface area contributed by atoms with Crippen LogP contribution in [0.2, 0.25) is 0 Å². The molecular formula is C23H22FIN6OS. The summed E-state index contributed by atoms with van der Waals surface area (Å²) in [6.07, 6.45) is 3.38. The molecule has 33 heavy (non-hydrogen) atoms. The number of nitrogens with zero attached hydrogens (tertiary/aromatic N) is 5. The molecular weight excluding hydrogens is 554 g/mol. The maximum absolute atomic E-state index is 15.0. The number of carbonyl (C=O) groups excluding carboxylic acids is 1. The number of carbonyl (C=O) groups is 1. The molecule has 0 bridgehead atoms. The Morgan fingerprint density at radius 3 is 2.82 bits per heavy atom. The summed E-state index contributed by atoms with van der Waals surface area (Å²) in [7, 11) is 1.85. The van der Waals surface area contributed by atoms with Gasteiger partial charge in [-0.05, 0) is 53.6 Å². The van der Waals surface area contributed by atoms with Gasteiger partial charge in [0.1, 0.15) is 16.9 Å². The number of pyridine rings is 1. The molecule has 1 fully saturated rings. The van der Waals surface area contributed by atoms with Crippen LogP contribution in [-0.2, 0) is 6.42 Å². The Balaban J connectivity index is 1.57. The highest BCUT2D eigenvalue weighted by Crippen LogP contribution is 2.34. The monoisotopic (exact) mass is 576 g/mol. The van der Waals surface area contributed by atoms with Crippen LogP contribution in [0.5, 0.6) is 0 Å². The van der Waals surface area contributed by atoms with Crippen LogP contribution in [0.4, 0.5) is 21.6 Å². The summed E-state index contributed by atoms with van der Waals surface area (Å²) < 4.78 is 15.8. The molecule has 0 unspecified atom stereocenters. The molecule has 0 spiro atoms. The van der Waals surface area contributed by atoms with Gasteiger partial charge in [0, 0.05) is 33.1 Å². The molecule has 3 aromatic rings. The number of halogens is 2. The fourth-order valence-corrected chi connectivity index (χ4v) is 5.60. The molecule has 0 atom stereocenters. The predicted octanol–water partition coefficient (Wildman–Crippen LogP) is 4.49. The fourth-order valence-electron chi connectivity index (χ4n) is 3.90. The molecule has 7 nitrogen and oxygen atoms in total. The normalized spacial score (nSPS) is 13.2. The lowest BCUT2D eigenvalue weighted by Crippen LogP contribution is -2.22. The second-order valence-electron chi connectivity index (χ2n) is 7.80. The summed E-state index contributed by atoms with van der Waals surface area (Å²) >= 11 is 3.34. The number of aromatic nitrogens is 2. The van der Waals surface area contributed by atoms with Crippen molar-refractivity contribution >= 4 is 57.4 Å². The van der Waals surface area contributed by atoms with E-state index < -0.39 is 5.95 Å². The van der Waals surface area contributed by atoms with E-state index in [9.17, 15) is 14.4 Å². The van der Waals surface area contributed by atoms with Gasteiger partial charge in [0.05, 0.1) is 36.6 Å². The minimum atomic E-state index is -0.578. The van der Waals surface area contributed by atoms with Crippen molar-refractivity contribution in [1.82, 2.24) is 9.97 Å². The Morgan fingerprint density at radius 2 is 2.12 bits per heavy atom. The average molecular weight is 576 g/mol. The van der Waals surface area contributed by atoms with Gasteiger partial charge in [-0.3, -0.25) is 4.79 Å². The zero-order valence-electron chi connectivity index (χ0n) is 18.0. The summed E-state index contributed by atoms with van der Waals surface area (Å²) in [6.45, 7) is 2.27. The van der Waals surface area contributed by atoms with Crippen molar-refractivity contribution in [3.63, 3.8) is 0 Å². The number of likely N-dealkylation sites (N-methyl/N-ethyl adjacent to an activating group) is 1. The molecule has 1 saturated heterocycles. The summed E-state index contributed by atoms with van der Waals surface area (Å²) in [5.74, 6) is 0.0874. The molecule has 170 valence electrons. The fraction of sp³-hybridized carbons (Fsp3) is 0.304. The molecule has 1 aliphatic heterocycles. The summed E-state index contributed by atoms with van der Waals surface area (Å²) in [5.41, 5.74) is 8.36. The van der Waals surface area contributed by atoms with E-state index in [2.05, 4.69) is 43.5 Å². The molecule has 2 N–H and O–H groups in total. The SMILES string of the molecule is CN(CCc1nc(-c2cc(I)c(N3CCCC3)nc2F)sc1C=O)c1cccc(N)c1C#N. The Morgan fingerprint density at radius 1 is 1.36 bits per heavy atom. The van der Waals surface area contributed by atoms with Crippen LogP contribution in [0.3, 0.4) is 0 Å². The number of nitrogen functional groups attached to an aromatic ring is 1. The first kappa shape index (κ1) is 23.4. The smallest absolute Gasteiger partial charge is 0.225 e. The maximum atomic E-state index is 15.0. The first-order valence-electron chi connectivity index (χ1n) is 10.5. The van der Waals surface area contributed by atoms with Gasteiger partial charge in [-0.15, -0.1) is 11.3 Å². The lowest BCUT2D eigenvalue weighted by molar-refractivity contribution is 0.112. The van der Waals surface area contributed by atoms with E-state index in [0.717, 1.165) is 47.1 Å². The number of aldehydes is 1. The van der Waals surface area contributed by atoms with Gasteiger partial charge in [0.15, 0.2) is 6.29 Å². The van der Waals surface area contributed by atoms with Crippen molar-refractivity contribution < 1.29 is 9.18 Å². The molecule has 2 aromatic heterocycles. The Labute approximate surface area is 209 Å². The summed E-state index contributed by atoms with van der Waals surface area (Å²) in [5, 5.41) is 9.86. The van der Waals surface area contributed by atoms with E-state index in [4.69, 9.17) is 5.73 Å². The van der Waals surface area contributed by atoms with Crippen LogP contribution in [0.15, 0.2) is 24.3 Å². The third-order valence-electron chi connectivity index (χ3n) is 5.66. The number of nitriles is 1. The van der Waals surface area contributed by atoms with E-state index in [-0.39, 0.29) is 0 Å². The number of nitrogens with two attached hydrogens (primary N) is 1. The number of rotatable bonds is 7. The first-order chi connectivity index (χ1) is 15.9. The number of hydrogen-bond acceptors (Lipinski definition) is 8. The van der Waals surface area contributed by atoms with Crippen LogP contribution in [0.25, 0.3) is 10.6 Å². The molecule has 10 heteroatoms. The molecule has 0 aliphatic carbocycles. The Hall–Kier alpha value is -2.78. The van der Waals surface area contributed by atoms with Crippen molar-refractivity contribution in [2.75, 3.05) is 42.2 Å². The highest BCUT2D eigenvalue weighted by molar-refractivity contribution is 14.1. The highest BCUT2D eigenvalue weighted by atomic mass is 127. The topological polar surface area (TPSA) is 99.1 Å². The number of benzene rings is 1. The predicted molar refractivity (Wildman–Crippen MR) is 137 cm³/mol. The lowest BCUT2D eigenvalue weighted by Gasteiger charge is -2.20. The molecule has 1 aromatic carbocycles. The van der Waals surface area contributed by atoms with Crippen LogP contribution < -0.4 is 15.5 Å². The van der Waals surface area contributed by atoms with Crippen molar-refractivity contribution in [3.05, 3.63) is 49.9 Å². The van der Waals surface area contributed by atoms with Crippen LogP contribution >= 0.6 is 33.9 Å². The highest BCUT2D eigenvalue weighted by Gasteiger charge is 2.22.